The fourth-order valence-electron chi connectivity index (χ4n) is 3.46. The van der Waals surface area contributed by atoms with E-state index in [1.54, 1.807) is 0 Å². The number of furan rings is 1. The molecule has 0 bridgehead atoms. The van der Waals surface area contributed by atoms with Gasteiger partial charge in [0.15, 0.2) is 5.76 Å². The average Bonchev–Trinajstić information content (AvgIpc) is 3.13. The third kappa shape index (κ3) is 3.81. The van der Waals surface area contributed by atoms with E-state index in [4.69, 9.17) is 9.15 Å². The summed E-state index contributed by atoms with van der Waals surface area (Å²) in [6, 6.07) is 19.8. The Balaban J connectivity index is 1.27. The number of benzene rings is 2. The second-order valence-corrected chi connectivity index (χ2v) is 6.88. The number of ether oxygens (including phenoxy) is 1. The van der Waals surface area contributed by atoms with Crippen LogP contribution in [0, 0.1) is 5.92 Å². The number of nitrogens with zero attached hydrogens (tertiary/aromatic N) is 1. The molecule has 2 heterocycles. The Bertz CT molecular complexity index is 830. The highest BCUT2D eigenvalue weighted by Gasteiger charge is 2.25. The van der Waals surface area contributed by atoms with Gasteiger partial charge in [0.1, 0.15) is 5.58 Å². The SMILES string of the molecule is O=C(c1cc2ccccc2o1)N1CCC(COCc2ccccc2)CC1. The first-order chi connectivity index (χ1) is 12.8. The molecule has 1 aliphatic rings. The molecule has 1 saturated heterocycles. The Hall–Kier alpha value is -2.59. The molecule has 0 radical (unpaired) electrons. The van der Waals surface area contributed by atoms with Crippen LogP contribution in [0.5, 0.6) is 0 Å². The second-order valence-electron chi connectivity index (χ2n) is 6.88. The molecule has 1 amide bonds. The third-order valence-electron chi connectivity index (χ3n) is 5.00. The number of carbonyl (C=O) groups is 1. The van der Waals surface area contributed by atoms with Crippen molar-refractivity contribution in [3.05, 3.63) is 72.0 Å². The standard InChI is InChI=1S/C22H23NO3/c24-22(21-14-19-8-4-5-9-20(19)26-21)23-12-10-18(11-13-23)16-25-15-17-6-2-1-3-7-17/h1-9,14,18H,10-13,15-16H2. The first-order valence-electron chi connectivity index (χ1n) is 9.19. The van der Waals surface area contributed by atoms with Crippen LogP contribution in [0.1, 0.15) is 29.0 Å². The van der Waals surface area contributed by atoms with E-state index in [2.05, 4.69) is 12.1 Å². The third-order valence-corrected chi connectivity index (χ3v) is 5.00. The van der Waals surface area contributed by atoms with Gasteiger partial charge in [0, 0.05) is 25.1 Å². The van der Waals surface area contributed by atoms with Crippen molar-refractivity contribution in [3.8, 4) is 0 Å². The van der Waals surface area contributed by atoms with E-state index in [0.29, 0.717) is 18.3 Å². The summed E-state index contributed by atoms with van der Waals surface area (Å²) in [5.74, 6) is 0.938. The number of rotatable bonds is 5. The lowest BCUT2D eigenvalue weighted by molar-refractivity contribution is 0.0462. The van der Waals surface area contributed by atoms with Crippen molar-refractivity contribution in [1.82, 2.24) is 4.90 Å². The molecule has 26 heavy (non-hydrogen) atoms. The Morgan fingerprint density at radius 1 is 1.04 bits per heavy atom. The number of amides is 1. The number of carbonyl (C=O) groups excluding carboxylic acids is 1. The topological polar surface area (TPSA) is 42.7 Å². The van der Waals surface area contributed by atoms with Crippen LogP contribution in [0.15, 0.2) is 65.1 Å². The molecule has 4 rings (SSSR count). The summed E-state index contributed by atoms with van der Waals surface area (Å²) >= 11 is 0. The molecule has 2 aromatic carbocycles. The van der Waals surface area contributed by atoms with Crippen LogP contribution < -0.4 is 0 Å². The molecular weight excluding hydrogens is 326 g/mol. The monoisotopic (exact) mass is 349 g/mol. The lowest BCUT2D eigenvalue weighted by atomic mass is 9.97. The lowest BCUT2D eigenvalue weighted by Crippen LogP contribution is -2.39. The van der Waals surface area contributed by atoms with Crippen molar-refractivity contribution in [3.63, 3.8) is 0 Å². The van der Waals surface area contributed by atoms with E-state index in [-0.39, 0.29) is 5.91 Å². The quantitative estimate of drug-likeness (QED) is 0.681. The first-order valence-corrected chi connectivity index (χ1v) is 9.19. The van der Waals surface area contributed by atoms with E-state index in [0.717, 1.165) is 43.5 Å². The molecule has 0 aliphatic carbocycles. The van der Waals surface area contributed by atoms with Gasteiger partial charge in [-0.15, -0.1) is 0 Å². The zero-order valence-corrected chi connectivity index (χ0v) is 14.8. The van der Waals surface area contributed by atoms with E-state index >= 15 is 0 Å². The normalized spacial score (nSPS) is 15.5. The average molecular weight is 349 g/mol. The van der Waals surface area contributed by atoms with Gasteiger partial charge in [-0.3, -0.25) is 4.79 Å². The van der Waals surface area contributed by atoms with E-state index in [9.17, 15) is 4.79 Å². The molecule has 4 nitrogen and oxygen atoms in total. The van der Waals surface area contributed by atoms with Gasteiger partial charge < -0.3 is 14.1 Å². The molecule has 1 aromatic heterocycles. The minimum Gasteiger partial charge on any atom is -0.451 e. The smallest absolute Gasteiger partial charge is 0.289 e. The number of hydrogen-bond donors (Lipinski definition) is 0. The minimum absolute atomic E-state index is 0.00939. The van der Waals surface area contributed by atoms with Crippen LogP contribution in [0.3, 0.4) is 0 Å². The van der Waals surface area contributed by atoms with Crippen LogP contribution in [0.4, 0.5) is 0 Å². The first kappa shape index (κ1) is 16.9. The van der Waals surface area contributed by atoms with Crippen LogP contribution >= 0.6 is 0 Å². The number of hydrogen-bond acceptors (Lipinski definition) is 3. The molecule has 0 unspecified atom stereocenters. The number of likely N-dealkylation sites (tertiary alicyclic amines) is 1. The maximum Gasteiger partial charge on any atom is 0.289 e. The van der Waals surface area contributed by atoms with Crippen molar-refractivity contribution in [2.45, 2.75) is 19.4 Å². The van der Waals surface area contributed by atoms with Crippen molar-refractivity contribution in [1.29, 1.82) is 0 Å². The highest BCUT2D eigenvalue weighted by Crippen LogP contribution is 2.23. The maximum absolute atomic E-state index is 12.7. The van der Waals surface area contributed by atoms with Crippen LogP contribution in [-0.2, 0) is 11.3 Å². The fraction of sp³-hybridized carbons (Fsp3) is 0.318. The summed E-state index contributed by atoms with van der Waals surface area (Å²) in [7, 11) is 0. The Labute approximate surface area is 153 Å². The Morgan fingerprint density at radius 2 is 1.77 bits per heavy atom. The Kier molecular flexibility index (Phi) is 5.02. The van der Waals surface area contributed by atoms with Crippen molar-refractivity contribution < 1.29 is 13.9 Å². The van der Waals surface area contributed by atoms with Crippen LogP contribution in [0.2, 0.25) is 0 Å². The number of fused-ring (bicyclic) bond motifs is 1. The highest BCUT2D eigenvalue weighted by atomic mass is 16.5. The maximum atomic E-state index is 12.7. The molecule has 0 spiro atoms. The number of para-hydroxylation sites is 1. The summed E-state index contributed by atoms with van der Waals surface area (Å²) in [5.41, 5.74) is 1.96. The van der Waals surface area contributed by atoms with E-state index in [1.165, 1.54) is 5.56 Å². The molecular formula is C22H23NO3. The van der Waals surface area contributed by atoms with Gasteiger partial charge in [-0.25, -0.2) is 0 Å². The van der Waals surface area contributed by atoms with Gasteiger partial charge in [-0.2, -0.15) is 0 Å². The lowest BCUT2D eigenvalue weighted by Gasteiger charge is -2.31. The summed E-state index contributed by atoms with van der Waals surface area (Å²) in [4.78, 5) is 14.6. The molecule has 3 aromatic rings. The number of piperidine rings is 1. The predicted molar refractivity (Wildman–Crippen MR) is 101 cm³/mol. The molecule has 1 fully saturated rings. The van der Waals surface area contributed by atoms with Crippen LogP contribution in [-0.4, -0.2) is 30.5 Å². The largest absolute Gasteiger partial charge is 0.451 e. The minimum atomic E-state index is -0.00939. The van der Waals surface area contributed by atoms with E-state index in [1.807, 2.05) is 53.4 Å². The highest BCUT2D eigenvalue weighted by molar-refractivity contribution is 5.96. The molecule has 4 heteroatoms. The summed E-state index contributed by atoms with van der Waals surface area (Å²) < 4.78 is 11.6. The Morgan fingerprint density at radius 3 is 2.54 bits per heavy atom. The van der Waals surface area contributed by atoms with Crippen molar-refractivity contribution in [2.75, 3.05) is 19.7 Å². The zero-order valence-electron chi connectivity index (χ0n) is 14.8. The van der Waals surface area contributed by atoms with Gasteiger partial charge in [0.25, 0.3) is 5.91 Å². The molecule has 134 valence electrons. The molecule has 1 aliphatic heterocycles. The predicted octanol–water partition coefficient (Wildman–Crippen LogP) is 4.50. The molecule has 0 atom stereocenters. The summed E-state index contributed by atoms with van der Waals surface area (Å²) in [5, 5.41) is 0.972. The second kappa shape index (κ2) is 7.75. The fourth-order valence-corrected chi connectivity index (χ4v) is 3.46. The van der Waals surface area contributed by atoms with Gasteiger partial charge in [0.2, 0.25) is 0 Å². The van der Waals surface area contributed by atoms with Gasteiger partial charge >= 0.3 is 0 Å². The van der Waals surface area contributed by atoms with Gasteiger partial charge in [0.05, 0.1) is 6.61 Å². The summed E-state index contributed by atoms with van der Waals surface area (Å²) in [6.07, 6.45) is 1.95. The molecule has 0 N–H and O–H groups in total. The van der Waals surface area contributed by atoms with Crippen molar-refractivity contribution in [2.24, 2.45) is 5.92 Å². The van der Waals surface area contributed by atoms with Crippen LogP contribution in [0.25, 0.3) is 11.0 Å². The van der Waals surface area contributed by atoms with E-state index < -0.39 is 0 Å². The van der Waals surface area contributed by atoms with Crippen molar-refractivity contribution >= 4 is 16.9 Å². The molecule has 0 saturated carbocycles. The summed E-state index contributed by atoms with van der Waals surface area (Å²) in [6.45, 7) is 2.92. The van der Waals surface area contributed by atoms with Gasteiger partial charge in [-0.05, 0) is 36.5 Å². The van der Waals surface area contributed by atoms with Gasteiger partial charge in [-0.1, -0.05) is 48.5 Å². The zero-order chi connectivity index (χ0) is 17.8.